The third kappa shape index (κ3) is 1.95. The van der Waals surface area contributed by atoms with Crippen LogP contribution in [0.2, 0.25) is 0 Å². The van der Waals surface area contributed by atoms with Gasteiger partial charge in [0.1, 0.15) is 0 Å². The first-order valence-corrected chi connectivity index (χ1v) is 6.59. The largest absolute Gasteiger partial charge is 0.395 e. The second kappa shape index (κ2) is 4.17. The lowest BCUT2D eigenvalue weighted by Gasteiger charge is -2.22. The molecule has 0 saturated carbocycles. The summed E-state index contributed by atoms with van der Waals surface area (Å²) in [6.45, 7) is 2.54. The number of thioether (sulfide) groups is 2. The molecule has 14 heavy (non-hydrogen) atoms. The SMILES string of the molecule is CC1(c2ccccc2)SCC(CO)S1. The first-order valence-electron chi connectivity index (χ1n) is 4.73. The summed E-state index contributed by atoms with van der Waals surface area (Å²) >= 11 is 3.81. The van der Waals surface area contributed by atoms with Gasteiger partial charge in [-0.05, 0) is 12.5 Å². The predicted molar refractivity (Wildman–Crippen MR) is 64.7 cm³/mol. The summed E-state index contributed by atoms with van der Waals surface area (Å²) in [5.74, 6) is 1.05. The zero-order chi connectivity index (χ0) is 10.0. The average molecular weight is 226 g/mol. The Balaban J connectivity index is 2.19. The highest BCUT2D eigenvalue weighted by Crippen LogP contribution is 2.54. The molecular weight excluding hydrogens is 212 g/mol. The fourth-order valence-corrected chi connectivity index (χ4v) is 4.88. The lowest BCUT2D eigenvalue weighted by Crippen LogP contribution is -2.11. The zero-order valence-corrected chi connectivity index (χ0v) is 9.78. The Morgan fingerprint density at radius 3 is 2.71 bits per heavy atom. The molecule has 1 fully saturated rings. The molecule has 1 aliphatic heterocycles. The van der Waals surface area contributed by atoms with Crippen LogP contribution in [0.4, 0.5) is 0 Å². The summed E-state index contributed by atoms with van der Waals surface area (Å²) in [6.07, 6.45) is 0. The van der Waals surface area contributed by atoms with E-state index < -0.39 is 0 Å². The minimum absolute atomic E-state index is 0.134. The third-order valence-corrected chi connectivity index (χ3v) is 5.98. The highest BCUT2D eigenvalue weighted by atomic mass is 32.2. The van der Waals surface area contributed by atoms with Gasteiger partial charge >= 0.3 is 0 Å². The van der Waals surface area contributed by atoms with Crippen LogP contribution in [0.15, 0.2) is 30.3 Å². The fraction of sp³-hybridized carbons (Fsp3) is 0.455. The molecule has 1 saturated heterocycles. The first-order chi connectivity index (χ1) is 6.74. The van der Waals surface area contributed by atoms with Gasteiger partial charge in [-0.3, -0.25) is 0 Å². The summed E-state index contributed by atoms with van der Waals surface area (Å²) < 4.78 is 0.134. The number of aliphatic hydroxyl groups excluding tert-OH is 1. The third-order valence-electron chi connectivity index (χ3n) is 2.44. The predicted octanol–water partition coefficient (Wildman–Crippen LogP) is 2.70. The molecule has 0 aliphatic carbocycles. The number of aliphatic hydroxyl groups is 1. The molecule has 2 rings (SSSR count). The van der Waals surface area contributed by atoms with Crippen molar-refractivity contribution in [2.24, 2.45) is 0 Å². The topological polar surface area (TPSA) is 20.2 Å². The highest BCUT2D eigenvalue weighted by Gasteiger charge is 2.37. The van der Waals surface area contributed by atoms with E-state index in [4.69, 9.17) is 5.11 Å². The van der Waals surface area contributed by atoms with E-state index in [1.165, 1.54) is 5.56 Å². The first kappa shape index (κ1) is 10.4. The number of hydrogen-bond donors (Lipinski definition) is 1. The van der Waals surface area contributed by atoms with E-state index in [0.717, 1.165) is 5.75 Å². The van der Waals surface area contributed by atoms with Crippen LogP contribution in [0.3, 0.4) is 0 Å². The van der Waals surface area contributed by atoms with Gasteiger partial charge in [-0.1, -0.05) is 30.3 Å². The highest BCUT2D eigenvalue weighted by molar-refractivity contribution is 8.20. The van der Waals surface area contributed by atoms with Gasteiger partial charge in [0.2, 0.25) is 0 Å². The van der Waals surface area contributed by atoms with E-state index in [-0.39, 0.29) is 4.08 Å². The Hall–Kier alpha value is -0.120. The van der Waals surface area contributed by atoms with Crippen molar-refractivity contribution in [3.63, 3.8) is 0 Å². The minimum atomic E-state index is 0.134. The van der Waals surface area contributed by atoms with Gasteiger partial charge in [-0.15, -0.1) is 23.5 Å². The molecule has 2 atom stereocenters. The van der Waals surface area contributed by atoms with Gasteiger partial charge in [0, 0.05) is 11.0 Å². The molecule has 2 unspecified atom stereocenters. The van der Waals surface area contributed by atoms with Crippen molar-refractivity contribution in [2.45, 2.75) is 16.3 Å². The van der Waals surface area contributed by atoms with Gasteiger partial charge in [0.05, 0.1) is 10.7 Å². The molecule has 1 aliphatic rings. The molecule has 0 amide bonds. The van der Waals surface area contributed by atoms with E-state index >= 15 is 0 Å². The Labute approximate surface area is 93.3 Å². The van der Waals surface area contributed by atoms with Crippen molar-refractivity contribution in [1.29, 1.82) is 0 Å². The van der Waals surface area contributed by atoms with Gasteiger partial charge < -0.3 is 5.11 Å². The zero-order valence-electron chi connectivity index (χ0n) is 8.14. The van der Waals surface area contributed by atoms with Crippen LogP contribution in [0.1, 0.15) is 12.5 Å². The molecule has 1 heterocycles. The standard InChI is InChI=1S/C11H14OS2/c1-11(9-5-3-2-4-6-9)13-8-10(7-12)14-11/h2-6,10,12H,7-8H2,1H3. The maximum Gasteiger partial charge on any atom is 0.0836 e. The molecule has 0 spiro atoms. The lowest BCUT2D eigenvalue weighted by molar-refractivity contribution is 0.301. The monoisotopic (exact) mass is 226 g/mol. The van der Waals surface area contributed by atoms with Crippen molar-refractivity contribution in [3.8, 4) is 0 Å². The quantitative estimate of drug-likeness (QED) is 0.837. The molecule has 0 aromatic heterocycles. The molecule has 3 heteroatoms. The van der Waals surface area contributed by atoms with Crippen molar-refractivity contribution < 1.29 is 5.11 Å². The number of rotatable bonds is 2. The van der Waals surface area contributed by atoms with Crippen molar-refractivity contribution in [3.05, 3.63) is 35.9 Å². The summed E-state index contributed by atoms with van der Waals surface area (Å²) in [7, 11) is 0. The van der Waals surface area contributed by atoms with Crippen molar-refractivity contribution in [1.82, 2.24) is 0 Å². The van der Waals surface area contributed by atoms with E-state index in [0.29, 0.717) is 11.9 Å². The van der Waals surface area contributed by atoms with Crippen LogP contribution in [0.5, 0.6) is 0 Å². The maximum atomic E-state index is 9.11. The second-order valence-electron chi connectivity index (χ2n) is 3.55. The van der Waals surface area contributed by atoms with Gasteiger partial charge in [-0.25, -0.2) is 0 Å². The molecule has 1 aromatic carbocycles. The van der Waals surface area contributed by atoms with E-state index in [2.05, 4.69) is 31.2 Å². The minimum Gasteiger partial charge on any atom is -0.395 e. The lowest BCUT2D eigenvalue weighted by atomic mass is 10.2. The van der Waals surface area contributed by atoms with Crippen LogP contribution in [-0.4, -0.2) is 22.7 Å². The average Bonchev–Trinajstić information content (AvgIpc) is 2.63. The van der Waals surface area contributed by atoms with E-state index in [9.17, 15) is 0 Å². The Bertz CT molecular complexity index is 301. The van der Waals surface area contributed by atoms with Gasteiger partial charge in [-0.2, -0.15) is 0 Å². The van der Waals surface area contributed by atoms with Crippen LogP contribution in [0, 0.1) is 0 Å². The molecule has 76 valence electrons. The normalized spacial score (nSPS) is 32.0. The van der Waals surface area contributed by atoms with Crippen molar-refractivity contribution >= 4 is 23.5 Å². The van der Waals surface area contributed by atoms with Crippen LogP contribution < -0.4 is 0 Å². The summed E-state index contributed by atoms with van der Waals surface area (Å²) in [4.78, 5) is 0. The van der Waals surface area contributed by atoms with Gasteiger partial charge in [0.25, 0.3) is 0 Å². The molecule has 0 radical (unpaired) electrons. The maximum absolute atomic E-state index is 9.11. The van der Waals surface area contributed by atoms with E-state index in [1.807, 2.05) is 29.6 Å². The fourth-order valence-electron chi connectivity index (χ4n) is 1.62. The van der Waals surface area contributed by atoms with Crippen LogP contribution in [0.25, 0.3) is 0 Å². The number of hydrogen-bond acceptors (Lipinski definition) is 3. The Kier molecular flexibility index (Phi) is 3.10. The van der Waals surface area contributed by atoms with Crippen LogP contribution >= 0.6 is 23.5 Å². The molecule has 1 nitrogen and oxygen atoms in total. The van der Waals surface area contributed by atoms with Crippen molar-refractivity contribution in [2.75, 3.05) is 12.4 Å². The Morgan fingerprint density at radius 2 is 2.14 bits per heavy atom. The summed E-state index contributed by atoms with van der Waals surface area (Å²) in [5, 5.41) is 9.50. The summed E-state index contributed by atoms with van der Waals surface area (Å²) in [5.41, 5.74) is 1.35. The molecule has 0 bridgehead atoms. The molecule has 1 aromatic rings. The second-order valence-corrected chi connectivity index (χ2v) is 6.96. The van der Waals surface area contributed by atoms with E-state index in [1.54, 1.807) is 0 Å². The number of benzene rings is 1. The molecular formula is C11H14OS2. The Morgan fingerprint density at radius 1 is 1.43 bits per heavy atom. The smallest absolute Gasteiger partial charge is 0.0836 e. The van der Waals surface area contributed by atoms with Crippen LogP contribution in [-0.2, 0) is 4.08 Å². The molecule has 1 N–H and O–H groups in total. The summed E-state index contributed by atoms with van der Waals surface area (Å²) in [6, 6.07) is 10.5. The van der Waals surface area contributed by atoms with Gasteiger partial charge in [0.15, 0.2) is 0 Å².